The van der Waals surface area contributed by atoms with Gasteiger partial charge in [-0.3, -0.25) is 4.79 Å². The maximum absolute atomic E-state index is 13.9. The van der Waals surface area contributed by atoms with Crippen LogP contribution in [0.3, 0.4) is 0 Å². The van der Waals surface area contributed by atoms with Crippen molar-refractivity contribution in [2.75, 3.05) is 0 Å². The summed E-state index contributed by atoms with van der Waals surface area (Å²) in [4.78, 5) is 23.4. The van der Waals surface area contributed by atoms with E-state index in [0.29, 0.717) is 18.4 Å². The van der Waals surface area contributed by atoms with Crippen LogP contribution in [0.15, 0.2) is 30.3 Å². The molecule has 0 aromatic heterocycles. The summed E-state index contributed by atoms with van der Waals surface area (Å²) in [6, 6.07) is 7.47. The molecule has 1 fully saturated rings. The van der Waals surface area contributed by atoms with Crippen molar-refractivity contribution in [3.05, 3.63) is 35.9 Å². The first-order valence-electron chi connectivity index (χ1n) is 9.00. The molecule has 0 heterocycles. The van der Waals surface area contributed by atoms with Crippen LogP contribution in [-0.4, -0.2) is 40.2 Å². The number of hydrogen-bond donors (Lipinski definition) is 3. The molecule has 1 aromatic carbocycles. The molecule has 1 saturated carbocycles. The first-order chi connectivity index (χ1) is 12.7. The van der Waals surface area contributed by atoms with Gasteiger partial charge in [-0.2, -0.15) is 8.78 Å². The van der Waals surface area contributed by atoms with E-state index in [1.807, 2.05) is 0 Å². The number of carbonyl (C=O) groups is 2. The highest BCUT2D eigenvalue weighted by Crippen LogP contribution is 2.34. The molecule has 0 radical (unpaired) electrons. The van der Waals surface area contributed by atoms with Gasteiger partial charge in [0.15, 0.2) is 0 Å². The maximum Gasteiger partial charge on any atom is 0.377 e. The van der Waals surface area contributed by atoms with E-state index >= 15 is 0 Å². The Balaban J connectivity index is 2.19. The molecule has 6 nitrogen and oxygen atoms in total. The van der Waals surface area contributed by atoms with Crippen LogP contribution in [0.25, 0.3) is 0 Å². The smallest absolute Gasteiger partial charge is 0.377 e. The molecule has 0 aliphatic heterocycles. The second-order valence-electron chi connectivity index (χ2n) is 6.97. The van der Waals surface area contributed by atoms with E-state index in [-0.39, 0.29) is 12.5 Å². The van der Waals surface area contributed by atoms with Crippen molar-refractivity contribution < 1.29 is 33.3 Å². The number of ether oxygens (including phenoxy) is 1. The van der Waals surface area contributed by atoms with Crippen molar-refractivity contribution in [2.24, 2.45) is 17.6 Å². The number of esters is 1. The normalized spacial score (nSPS) is 19.1. The number of carbonyl (C=O) groups excluding carboxylic acids is 1. The number of benzene rings is 1. The summed E-state index contributed by atoms with van der Waals surface area (Å²) in [6.07, 6.45) is 1.17. The van der Waals surface area contributed by atoms with Gasteiger partial charge >= 0.3 is 17.9 Å². The highest BCUT2D eigenvalue weighted by molar-refractivity contribution is 5.80. The number of aliphatic hydroxyl groups is 1. The van der Waals surface area contributed by atoms with Gasteiger partial charge in [-0.15, -0.1) is 0 Å². The number of halogens is 2. The molecule has 8 heteroatoms. The van der Waals surface area contributed by atoms with Crippen LogP contribution in [0.1, 0.15) is 37.7 Å². The third-order valence-corrected chi connectivity index (χ3v) is 5.10. The number of carboxylic acids is 1. The van der Waals surface area contributed by atoms with Crippen LogP contribution in [0, 0.1) is 11.8 Å². The molecule has 0 saturated heterocycles. The van der Waals surface area contributed by atoms with Crippen LogP contribution in [0.5, 0.6) is 0 Å². The van der Waals surface area contributed by atoms with E-state index in [4.69, 9.17) is 15.6 Å². The van der Waals surface area contributed by atoms with Crippen LogP contribution >= 0.6 is 0 Å². The third-order valence-electron chi connectivity index (χ3n) is 5.10. The zero-order valence-electron chi connectivity index (χ0n) is 14.9. The fourth-order valence-electron chi connectivity index (χ4n) is 3.49. The lowest BCUT2D eigenvalue weighted by molar-refractivity contribution is -0.195. The van der Waals surface area contributed by atoms with Gasteiger partial charge in [0.05, 0.1) is 0 Å². The van der Waals surface area contributed by atoms with Crippen LogP contribution in [0.4, 0.5) is 8.78 Å². The minimum atomic E-state index is -4.51. The second kappa shape index (κ2) is 9.23. The Hall–Kier alpha value is -2.06. The van der Waals surface area contributed by atoms with E-state index < -0.39 is 35.9 Å². The average molecular weight is 385 g/mol. The van der Waals surface area contributed by atoms with E-state index in [0.717, 1.165) is 19.3 Å². The van der Waals surface area contributed by atoms with Crippen LogP contribution in [0.2, 0.25) is 0 Å². The SMILES string of the molecule is NC(C1CCCCC1)C(C(=O)OCc1ccccc1)C(O)C(F)(F)C(=O)O. The Morgan fingerprint density at radius 3 is 2.33 bits per heavy atom. The summed E-state index contributed by atoms with van der Waals surface area (Å²) in [7, 11) is 0. The van der Waals surface area contributed by atoms with Gasteiger partial charge in [0.2, 0.25) is 0 Å². The molecular formula is C19H25F2NO5. The predicted molar refractivity (Wildman–Crippen MR) is 92.9 cm³/mol. The summed E-state index contributed by atoms with van der Waals surface area (Å²) in [5.41, 5.74) is 6.71. The van der Waals surface area contributed by atoms with E-state index in [9.17, 15) is 23.5 Å². The molecule has 4 N–H and O–H groups in total. The van der Waals surface area contributed by atoms with Crippen molar-refractivity contribution in [3.8, 4) is 0 Å². The number of alkyl halides is 2. The molecule has 0 spiro atoms. The van der Waals surface area contributed by atoms with Crippen molar-refractivity contribution in [1.82, 2.24) is 0 Å². The summed E-state index contributed by atoms with van der Waals surface area (Å²) >= 11 is 0. The molecule has 0 amide bonds. The largest absolute Gasteiger partial charge is 0.477 e. The second-order valence-corrected chi connectivity index (χ2v) is 6.97. The molecule has 1 aliphatic carbocycles. The molecule has 150 valence electrons. The Morgan fingerprint density at radius 1 is 1.19 bits per heavy atom. The van der Waals surface area contributed by atoms with Gasteiger partial charge in [0.1, 0.15) is 18.6 Å². The molecule has 3 unspecified atom stereocenters. The monoisotopic (exact) mass is 385 g/mol. The minimum absolute atomic E-state index is 0.182. The number of rotatable bonds is 8. The van der Waals surface area contributed by atoms with Gasteiger partial charge in [-0.1, -0.05) is 49.6 Å². The Morgan fingerprint density at radius 2 is 1.78 bits per heavy atom. The Labute approximate surface area is 156 Å². The highest BCUT2D eigenvalue weighted by Gasteiger charge is 2.55. The van der Waals surface area contributed by atoms with Crippen molar-refractivity contribution in [3.63, 3.8) is 0 Å². The van der Waals surface area contributed by atoms with E-state index in [2.05, 4.69) is 0 Å². The fraction of sp³-hybridized carbons (Fsp3) is 0.579. The fourth-order valence-corrected chi connectivity index (χ4v) is 3.49. The standard InChI is InChI=1S/C19H25F2NO5/c20-19(21,18(25)26)16(23)14(15(22)13-9-5-2-6-10-13)17(24)27-11-12-7-3-1-4-8-12/h1,3-4,7-8,13-16,23H,2,5-6,9-11,22H2,(H,25,26). The molecule has 1 aliphatic rings. The first-order valence-corrected chi connectivity index (χ1v) is 9.00. The lowest BCUT2D eigenvalue weighted by atomic mass is 9.76. The molecule has 2 rings (SSSR count). The van der Waals surface area contributed by atoms with E-state index in [1.54, 1.807) is 30.3 Å². The number of aliphatic hydroxyl groups excluding tert-OH is 1. The minimum Gasteiger partial charge on any atom is -0.477 e. The van der Waals surface area contributed by atoms with E-state index in [1.165, 1.54) is 0 Å². The van der Waals surface area contributed by atoms with Gasteiger partial charge in [0.25, 0.3) is 0 Å². The van der Waals surface area contributed by atoms with Gasteiger partial charge in [0, 0.05) is 6.04 Å². The van der Waals surface area contributed by atoms with Crippen molar-refractivity contribution in [2.45, 2.75) is 56.8 Å². The van der Waals surface area contributed by atoms with Gasteiger partial charge in [-0.25, -0.2) is 4.79 Å². The van der Waals surface area contributed by atoms with Crippen molar-refractivity contribution in [1.29, 1.82) is 0 Å². The van der Waals surface area contributed by atoms with Crippen molar-refractivity contribution >= 4 is 11.9 Å². The number of nitrogens with two attached hydrogens (primary N) is 1. The first kappa shape index (κ1) is 21.2. The van der Waals surface area contributed by atoms with Crippen LogP contribution < -0.4 is 5.73 Å². The zero-order valence-corrected chi connectivity index (χ0v) is 14.9. The Bertz CT molecular complexity index is 634. The summed E-state index contributed by atoms with van der Waals surface area (Å²) in [5, 5.41) is 18.8. The Kier molecular flexibility index (Phi) is 7.26. The topological polar surface area (TPSA) is 110 Å². The summed E-state index contributed by atoms with van der Waals surface area (Å²) in [5.74, 6) is -10.2. The molecule has 27 heavy (non-hydrogen) atoms. The quantitative estimate of drug-likeness (QED) is 0.593. The molecule has 1 aromatic rings. The lowest BCUT2D eigenvalue weighted by Crippen LogP contribution is -2.56. The average Bonchev–Trinajstić information content (AvgIpc) is 2.67. The number of hydrogen-bond acceptors (Lipinski definition) is 5. The lowest BCUT2D eigenvalue weighted by Gasteiger charge is -2.35. The number of carboxylic acid groups (broad SMARTS) is 1. The molecular weight excluding hydrogens is 360 g/mol. The third kappa shape index (κ3) is 5.23. The highest BCUT2D eigenvalue weighted by atomic mass is 19.3. The summed E-state index contributed by atoms with van der Waals surface area (Å²) < 4.78 is 32.9. The maximum atomic E-state index is 13.9. The molecule has 3 atom stereocenters. The summed E-state index contributed by atoms with van der Waals surface area (Å²) in [6.45, 7) is -0.182. The predicted octanol–water partition coefficient (Wildman–Crippen LogP) is 2.33. The number of aliphatic carboxylic acids is 1. The van der Waals surface area contributed by atoms with Gasteiger partial charge in [-0.05, 0) is 24.3 Å². The zero-order chi connectivity index (χ0) is 20.0. The van der Waals surface area contributed by atoms with Crippen LogP contribution in [-0.2, 0) is 20.9 Å². The molecule has 0 bridgehead atoms. The van der Waals surface area contributed by atoms with Gasteiger partial charge < -0.3 is 20.7 Å².